The van der Waals surface area contributed by atoms with Crippen LogP contribution in [0.15, 0.2) is 89.3 Å². The molecule has 270 valence electrons. The number of furan rings is 1. The molecule has 2 aliphatic heterocycles. The molecule has 4 aromatic carbocycles. The Morgan fingerprint density at radius 2 is 0.923 bits per heavy atom. The maximum absolute atomic E-state index is 7.40. The van der Waals surface area contributed by atoms with Gasteiger partial charge < -0.3 is 14.2 Å². The van der Waals surface area contributed by atoms with Gasteiger partial charge in [-0.2, -0.15) is 0 Å². The van der Waals surface area contributed by atoms with E-state index in [0.29, 0.717) is 0 Å². The summed E-state index contributed by atoms with van der Waals surface area (Å²) in [5.41, 5.74) is 15.8. The largest absolute Gasteiger partial charge is 0.472 e. The van der Waals surface area contributed by atoms with Crippen LogP contribution in [0.2, 0.25) is 0 Å². The van der Waals surface area contributed by atoms with Crippen LogP contribution in [0.1, 0.15) is 132 Å². The highest BCUT2D eigenvalue weighted by atomic mass is 16.3. The Bertz CT molecular complexity index is 2150. The SMILES string of the molecule is CC(C)(C)c1ccc(N2c3ccccc3B3c4oc(C(C)(C)C)c(C(C)(C)C)c4N(c4ccc(C(C)(C)C)cc4)c4cc(C(C)(C)C)cc2c43)cc1. The van der Waals surface area contributed by atoms with E-state index >= 15 is 0 Å². The number of hydrogen-bond acceptors (Lipinski definition) is 3. The van der Waals surface area contributed by atoms with Crippen LogP contribution in [0.5, 0.6) is 0 Å². The van der Waals surface area contributed by atoms with Crippen molar-refractivity contribution in [2.75, 3.05) is 9.80 Å². The van der Waals surface area contributed by atoms with E-state index in [0.717, 1.165) is 17.1 Å². The zero-order valence-electron chi connectivity index (χ0n) is 34.5. The Labute approximate surface area is 314 Å². The smallest absolute Gasteiger partial charge is 0.297 e. The number of rotatable bonds is 2. The lowest BCUT2D eigenvalue weighted by Crippen LogP contribution is -2.61. The van der Waals surface area contributed by atoms with Crippen molar-refractivity contribution in [3.05, 3.63) is 113 Å². The molecule has 0 N–H and O–H groups in total. The maximum atomic E-state index is 7.40. The van der Waals surface area contributed by atoms with Gasteiger partial charge in [-0.25, -0.2) is 0 Å². The molecule has 0 atom stereocenters. The number of nitrogens with zero attached hydrogens (tertiary/aromatic N) is 2. The molecule has 5 aromatic rings. The van der Waals surface area contributed by atoms with E-state index in [1.54, 1.807) is 0 Å². The molecular weight excluding hydrogens is 631 g/mol. The predicted molar refractivity (Wildman–Crippen MR) is 226 cm³/mol. The van der Waals surface area contributed by atoms with Gasteiger partial charge in [-0.1, -0.05) is 146 Å². The summed E-state index contributed by atoms with van der Waals surface area (Å²) >= 11 is 0. The van der Waals surface area contributed by atoms with Crippen LogP contribution < -0.4 is 26.4 Å². The Morgan fingerprint density at radius 1 is 0.462 bits per heavy atom. The van der Waals surface area contributed by atoms with Gasteiger partial charge >= 0.3 is 0 Å². The zero-order valence-corrected chi connectivity index (χ0v) is 34.5. The molecule has 0 bridgehead atoms. The van der Waals surface area contributed by atoms with Crippen LogP contribution in [0.3, 0.4) is 0 Å². The third kappa shape index (κ3) is 5.91. The fraction of sp³-hybridized carbons (Fsp3) is 0.417. The highest BCUT2D eigenvalue weighted by Crippen LogP contribution is 2.51. The predicted octanol–water partition coefficient (Wildman–Crippen LogP) is 11.8. The second kappa shape index (κ2) is 11.7. The normalized spacial score (nSPS) is 14.7. The quantitative estimate of drug-likeness (QED) is 0.168. The lowest BCUT2D eigenvalue weighted by atomic mass is 9.35. The van der Waals surface area contributed by atoms with Gasteiger partial charge in [0.2, 0.25) is 0 Å². The molecule has 0 aliphatic carbocycles. The lowest BCUT2D eigenvalue weighted by Gasteiger charge is -2.44. The first-order valence-corrected chi connectivity index (χ1v) is 19.2. The summed E-state index contributed by atoms with van der Waals surface area (Å²) < 4.78 is 7.40. The van der Waals surface area contributed by atoms with Crippen LogP contribution in [-0.4, -0.2) is 6.71 Å². The molecule has 0 amide bonds. The van der Waals surface area contributed by atoms with Crippen molar-refractivity contribution in [2.45, 2.75) is 131 Å². The summed E-state index contributed by atoms with van der Waals surface area (Å²) in [5, 5.41) is 0. The minimum Gasteiger partial charge on any atom is -0.472 e. The van der Waals surface area contributed by atoms with E-state index in [1.807, 2.05) is 0 Å². The first-order valence-electron chi connectivity index (χ1n) is 19.2. The average Bonchev–Trinajstić information content (AvgIpc) is 3.45. The summed E-state index contributed by atoms with van der Waals surface area (Å²) in [6, 6.07) is 32.5. The van der Waals surface area contributed by atoms with E-state index in [4.69, 9.17) is 4.42 Å². The summed E-state index contributed by atoms with van der Waals surface area (Å²) in [6.45, 7) is 34.6. The van der Waals surface area contributed by atoms with Crippen LogP contribution in [0.4, 0.5) is 34.1 Å². The molecule has 0 radical (unpaired) electrons. The topological polar surface area (TPSA) is 19.6 Å². The number of hydrogen-bond donors (Lipinski definition) is 0. The molecule has 3 nitrogen and oxygen atoms in total. The molecule has 0 unspecified atom stereocenters. The molecule has 1 aromatic heterocycles. The molecule has 0 saturated carbocycles. The van der Waals surface area contributed by atoms with Crippen molar-refractivity contribution in [3.63, 3.8) is 0 Å². The second-order valence-corrected chi connectivity index (χ2v) is 20.5. The molecule has 52 heavy (non-hydrogen) atoms. The van der Waals surface area contributed by atoms with Crippen LogP contribution in [-0.2, 0) is 27.1 Å². The number of anilines is 6. The van der Waals surface area contributed by atoms with Gasteiger partial charge in [-0.15, -0.1) is 0 Å². The summed E-state index contributed by atoms with van der Waals surface area (Å²) in [6.07, 6.45) is 0. The fourth-order valence-corrected chi connectivity index (χ4v) is 8.18. The van der Waals surface area contributed by atoms with Crippen molar-refractivity contribution in [1.29, 1.82) is 0 Å². The molecule has 4 heteroatoms. The van der Waals surface area contributed by atoms with Gasteiger partial charge in [0.15, 0.2) is 0 Å². The van der Waals surface area contributed by atoms with Gasteiger partial charge in [0.25, 0.3) is 6.71 Å². The molecular formula is C48H59BN2O. The van der Waals surface area contributed by atoms with Crippen LogP contribution in [0, 0.1) is 0 Å². The summed E-state index contributed by atoms with van der Waals surface area (Å²) in [7, 11) is 0. The number of fused-ring (bicyclic) bond motifs is 4. The lowest BCUT2D eigenvalue weighted by molar-refractivity contribution is 0.404. The highest BCUT2D eigenvalue weighted by molar-refractivity contribution is 6.99. The van der Waals surface area contributed by atoms with Crippen molar-refractivity contribution in [3.8, 4) is 0 Å². The molecule has 0 saturated heterocycles. The number of benzene rings is 4. The monoisotopic (exact) mass is 690 g/mol. The Balaban J connectivity index is 1.63. The third-order valence-corrected chi connectivity index (χ3v) is 11.1. The van der Waals surface area contributed by atoms with Crippen molar-refractivity contribution in [1.82, 2.24) is 0 Å². The van der Waals surface area contributed by atoms with E-state index in [2.05, 4.69) is 199 Å². The molecule has 2 aliphatic rings. The zero-order chi connectivity index (χ0) is 37.9. The number of para-hydroxylation sites is 1. The fourth-order valence-electron chi connectivity index (χ4n) is 8.18. The van der Waals surface area contributed by atoms with Gasteiger partial charge in [0.05, 0.1) is 11.3 Å². The summed E-state index contributed by atoms with van der Waals surface area (Å²) in [4.78, 5) is 5.07. The second-order valence-electron chi connectivity index (χ2n) is 20.5. The van der Waals surface area contributed by atoms with E-state index in [9.17, 15) is 0 Å². The highest BCUT2D eigenvalue weighted by Gasteiger charge is 2.50. The van der Waals surface area contributed by atoms with Gasteiger partial charge in [-0.3, -0.25) is 0 Å². The molecule has 3 heterocycles. The van der Waals surface area contributed by atoms with Crippen molar-refractivity contribution < 1.29 is 4.42 Å². The van der Waals surface area contributed by atoms with Crippen molar-refractivity contribution >= 4 is 57.4 Å². The first kappa shape index (κ1) is 36.2. The summed E-state index contributed by atoms with van der Waals surface area (Å²) in [5.74, 6) is 1.07. The van der Waals surface area contributed by atoms with Crippen LogP contribution >= 0.6 is 0 Å². The Hall–Kier alpha value is -4.18. The third-order valence-electron chi connectivity index (χ3n) is 11.1. The van der Waals surface area contributed by atoms with Crippen molar-refractivity contribution in [2.24, 2.45) is 0 Å². The Morgan fingerprint density at radius 3 is 1.38 bits per heavy atom. The first-order chi connectivity index (χ1) is 24.0. The van der Waals surface area contributed by atoms with Gasteiger partial charge in [0.1, 0.15) is 5.76 Å². The average molecular weight is 691 g/mol. The molecule has 0 fully saturated rings. The molecule has 7 rings (SSSR count). The van der Waals surface area contributed by atoms with Gasteiger partial charge in [0, 0.05) is 39.4 Å². The standard InChI is InChI=1S/C48H59BN2O/c1-44(2,3)30-20-24-33(25-21-30)50-36-19-17-16-18-35(36)49-40-37(50)28-32(46(7,8)9)29-38(40)51(34-26-22-31(23-27-34)45(4,5)6)41-39(47(10,11)12)42(48(13,14)15)52-43(41)49/h16-29H,1-15H3. The molecule has 0 spiro atoms. The van der Waals surface area contributed by atoms with E-state index in [1.165, 1.54) is 61.6 Å². The maximum Gasteiger partial charge on any atom is 0.297 e. The van der Waals surface area contributed by atoms with Crippen LogP contribution in [0.25, 0.3) is 0 Å². The van der Waals surface area contributed by atoms with E-state index < -0.39 is 0 Å². The van der Waals surface area contributed by atoms with Gasteiger partial charge in [-0.05, 0) is 91.7 Å². The minimum atomic E-state index is -0.192. The Kier molecular flexibility index (Phi) is 8.12. The van der Waals surface area contributed by atoms with E-state index in [-0.39, 0.29) is 33.8 Å². The minimum absolute atomic E-state index is 0.0559.